The number of aliphatic hydroxyl groups excluding tert-OH is 1. The Bertz CT molecular complexity index is 1060. The van der Waals surface area contributed by atoms with Crippen LogP contribution in [0.4, 0.5) is 4.39 Å². The molecule has 130 valence electrons. The molecule has 3 rings (SSSR count). The van der Waals surface area contributed by atoms with Gasteiger partial charge in [0.1, 0.15) is 24.1 Å². The van der Waals surface area contributed by atoms with Crippen LogP contribution in [-0.4, -0.2) is 27.2 Å². The molecule has 0 bridgehead atoms. The van der Waals surface area contributed by atoms with Crippen molar-refractivity contribution in [1.82, 2.24) is 9.55 Å². The molecule has 0 saturated heterocycles. The summed E-state index contributed by atoms with van der Waals surface area (Å²) in [5.74, 6) is -1.88. The zero-order chi connectivity index (χ0) is 18.7. The molecule has 1 N–H and O–H groups in total. The third-order valence-electron chi connectivity index (χ3n) is 3.84. The minimum absolute atomic E-state index is 0.120. The van der Waals surface area contributed by atoms with E-state index in [0.717, 1.165) is 11.6 Å². The molecule has 26 heavy (non-hydrogen) atoms. The number of rotatable bonds is 4. The summed E-state index contributed by atoms with van der Waals surface area (Å²) in [5, 5.41) is 19.6. The van der Waals surface area contributed by atoms with E-state index in [9.17, 15) is 19.6 Å². The zero-order valence-corrected chi connectivity index (χ0v) is 13.8. The number of hydrogen-bond acceptors (Lipinski definition) is 5. The number of allylic oxidation sites excluding steroid dienone is 1. The first kappa shape index (κ1) is 17.2. The number of hydrogen-bond donors (Lipinski definition) is 1. The fourth-order valence-corrected chi connectivity index (χ4v) is 2.52. The summed E-state index contributed by atoms with van der Waals surface area (Å²) in [6.07, 6.45) is 0. The van der Waals surface area contributed by atoms with Crippen LogP contribution in [0, 0.1) is 17.1 Å². The summed E-state index contributed by atoms with van der Waals surface area (Å²) in [7, 11) is 1.71. The molecule has 0 atom stereocenters. The Labute approximate surface area is 148 Å². The highest BCUT2D eigenvalue weighted by Crippen LogP contribution is 2.22. The van der Waals surface area contributed by atoms with E-state index >= 15 is 0 Å². The third kappa shape index (κ3) is 3.13. The van der Waals surface area contributed by atoms with Crippen molar-refractivity contribution in [3.05, 3.63) is 71.5 Å². The molecular weight excluding hydrogens is 337 g/mol. The molecule has 0 unspecified atom stereocenters. The number of carbonyl (C=O) groups is 1. The number of para-hydroxylation sites is 2. The summed E-state index contributed by atoms with van der Waals surface area (Å²) >= 11 is 0. The van der Waals surface area contributed by atoms with Crippen molar-refractivity contribution in [3.63, 3.8) is 0 Å². The van der Waals surface area contributed by atoms with Crippen LogP contribution in [-0.2, 0) is 11.8 Å². The fourth-order valence-electron chi connectivity index (χ4n) is 2.52. The number of benzene rings is 2. The summed E-state index contributed by atoms with van der Waals surface area (Å²) in [4.78, 5) is 16.3. The van der Waals surface area contributed by atoms with E-state index in [1.807, 2.05) is 24.3 Å². The standard InChI is InChI=1S/C19H14FN3O3/c1-23-16-9-5-4-8-15(16)22-18(23)13(10-21)17(24)11-26-19(25)12-6-2-3-7-14(12)20/h2-9,24H,11H2,1H3/b17-13-. The molecule has 0 aliphatic rings. The molecule has 1 aromatic heterocycles. The second kappa shape index (κ2) is 7.07. The number of aryl methyl sites for hydroxylation is 1. The average Bonchev–Trinajstić information content (AvgIpc) is 2.98. The molecule has 2 aromatic carbocycles. The van der Waals surface area contributed by atoms with Crippen LogP contribution in [0.3, 0.4) is 0 Å². The van der Waals surface area contributed by atoms with Gasteiger partial charge in [-0.05, 0) is 24.3 Å². The van der Waals surface area contributed by atoms with Crippen molar-refractivity contribution < 1.29 is 19.0 Å². The van der Waals surface area contributed by atoms with Gasteiger partial charge in [-0.15, -0.1) is 0 Å². The van der Waals surface area contributed by atoms with E-state index in [1.165, 1.54) is 18.2 Å². The Balaban J connectivity index is 1.87. The normalized spacial score (nSPS) is 11.7. The third-order valence-corrected chi connectivity index (χ3v) is 3.84. The molecule has 6 nitrogen and oxygen atoms in total. The number of aromatic nitrogens is 2. The molecule has 0 fully saturated rings. The van der Waals surface area contributed by atoms with Crippen molar-refractivity contribution in [2.75, 3.05) is 6.61 Å². The molecule has 0 aliphatic carbocycles. The Morgan fingerprint density at radius 1 is 1.27 bits per heavy atom. The number of imidazole rings is 1. The topological polar surface area (TPSA) is 88.1 Å². The predicted molar refractivity (Wildman–Crippen MR) is 92.6 cm³/mol. The molecule has 7 heteroatoms. The summed E-state index contributed by atoms with van der Waals surface area (Å²) in [6.45, 7) is -0.570. The Morgan fingerprint density at radius 3 is 2.65 bits per heavy atom. The van der Waals surface area contributed by atoms with Gasteiger partial charge in [-0.3, -0.25) is 0 Å². The quantitative estimate of drug-likeness (QED) is 0.442. The molecule has 0 radical (unpaired) electrons. The Hall–Kier alpha value is -3.66. The van der Waals surface area contributed by atoms with Crippen LogP contribution >= 0.6 is 0 Å². The SMILES string of the molecule is Cn1c(/C(C#N)=C(\O)COC(=O)c2ccccc2F)nc2ccccc21. The second-order valence-electron chi connectivity index (χ2n) is 5.47. The summed E-state index contributed by atoms with van der Waals surface area (Å²) in [5.41, 5.74) is 1.08. The summed E-state index contributed by atoms with van der Waals surface area (Å²) in [6, 6.07) is 14.5. The van der Waals surface area contributed by atoms with E-state index in [0.29, 0.717) is 5.52 Å². The molecule has 3 aromatic rings. The number of nitrogens with zero attached hydrogens (tertiary/aromatic N) is 3. The predicted octanol–water partition coefficient (Wildman–Crippen LogP) is 3.36. The fraction of sp³-hybridized carbons (Fsp3) is 0.105. The van der Waals surface area contributed by atoms with Crippen LogP contribution in [0.5, 0.6) is 0 Å². The van der Waals surface area contributed by atoms with Crippen molar-refractivity contribution in [1.29, 1.82) is 5.26 Å². The lowest BCUT2D eigenvalue weighted by molar-refractivity contribution is 0.0497. The first-order chi connectivity index (χ1) is 12.5. The van der Waals surface area contributed by atoms with Gasteiger partial charge in [0, 0.05) is 7.05 Å². The first-order valence-electron chi connectivity index (χ1n) is 7.68. The Kier molecular flexibility index (Phi) is 4.67. The van der Waals surface area contributed by atoms with Crippen LogP contribution < -0.4 is 0 Å². The maximum atomic E-state index is 13.6. The molecule has 0 spiro atoms. The smallest absolute Gasteiger partial charge is 0.341 e. The number of carbonyl (C=O) groups excluding carboxylic acids is 1. The average molecular weight is 351 g/mol. The van der Waals surface area contributed by atoms with Gasteiger partial charge < -0.3 is 14.4 Å². The second-order valence-corrected chi connectivity index (χ2v) is 5.47. The highest BCUT2D eigenvalue weighted by molar-refractivity contribution is 5.90. The van der Waals surface area contributed by atoms with Crippen LogP contribution in [0.15, 0.2) is 54.3 Å². The van der Waals surface area contributed by atoms with Crippen molar-refractivity contribution in [3.8, 4) is 6.07 Å². The largest absolute Gasteiger partial charge is 0.507 e. The minimum Gasteiger partial charge on any atom is -0.507 e. The van der Waals surface area contributed by atoms with Gasteiger partial charge in [0.15, 0.2) is 11.6 Å². The molecule has 0 aliphatic heterocycles. The number of aliphatic hydroxyl groups is 1. The van der Waals surface area contributed by atoms with Gasteiger partial charge in [-0.2, -0.15) is 5.26 Å². The maximum absolute atomic E-state index is 13.6. The number of esters is 1. The number of halogens is 1. The Morgan fingerprint density at radius 2 is 1.96 bits per heavy atom. The van der Waals surface area contributed by atoms with Gasteiger partial charge in [0.25, 0.3) is 0 Å². The van der Waals surface area contributed by atoms with Crippen LogP contribution in [0.25, 0.3) is 16.6 Å². The highest BCUT2D eigenvalue weighted by atomic mass is 19.1. The van der Waals surface area contributed by atoms with Crippen molar-refractivity contribution in [2.24, 2.45) is 7.05 Å². The first-order valence-corrected chi connectivity index (χ1v) is 7.68. The van der Waals surface area contributed by atoms with Gasteiger partial charge in [-0.25, -0.2) is 14.2 Å². The van der Waals surface area contributed by atoms with E-state index in [4.69, 9.17) is 4.74 Å². The van der Waals surface area contributed by atoms with E-state index in [-0.39, 0.29) is 17.0 Å². The lowest BCUT2D eigenvalue weighted by Gasteiger charge is -2.07. The van der Waals surface area contributed by atoms with Gasteiger partial charge in [0.05, 0.1) is 16.6 Å². The van der Waals surface area contributed by atoms with Crippen molar-refractivity contribution >= 4 is 22.6 Å². The van der Waals surface area contributed by atoms with Crippen LogP contribution in [0.1, 0.15) is 16.2 Å². The molecule has 0 saturated carbocycles. The lowest BCUT2D eigenvalue weighted by atomic mass is 10.2. The minimum atomic E-state index is -0.933. The van der Waals surface area contributed by atoms with Gasteiger partial charge in [0.2, 0.25) is 0 Å². The van der Waals surface area contributed by atoms with E-state index in [2.05, 4.69) is 4.98 Å². The number of ether oxygens (including phenoxy) is 1. The van der Waals surface area contributed by atoms with E-state index < -0.39 is 24.2 Å². The molecule has 0 amide bonds. The molecule has 1 heterocycles. The van der Waals surface area contributed by atoms with E-state index in [1.54, 1.807) is 17.7 Å². The van der Waals surface area contributed by atoms with Crippen LogP contribution in [0.2, 0.25) is 0 Å². The zero-order valence-electron chi connectivity index (χ0n) is 13.8. The monoisotopic (exact) mass is 351 g/mol. The lowest BCUT2D eigenvalue weighted by Crippen LogP contribution is -2.11. The van der Waals surface area contributed by atoms with Gasteiger partial charge in [-0.1, -0.05) is 24.3 Å². The highest BCUT2D eigenvalue weighted by Gasteiger charge is 2.18. The number of fused-ring (bicyclic) bond motifs is 1. The van der Waals surface area contributed by atoms with Crippen molar-refractivity contribution in [2.45, 2.75) is 0 Å². The molecular formula is C19H14FN3O3. The summed E-state index contributed by atoms with van der Waals surface area (Å²) < 4.78 is 20.2. The van der Waals surface area contributed by atoms with Gasteiger partial charge >= 0.3 is 5.97 Å². The number of nitriles is 1. The maximum Gasteiger partial charge on any atom is 0.341 e.